The van der Waals surface area contributed by atoms with Crippen LogP contribution in [0.4, 0.5) is 9.59 Å². The summed E-state index contributed by atoms with van der Waals surface area (Å²) in [6.45, 7) is 20.5. The van der Waals surface area contributed by atoms with E-state index in [-0.39, 0.29) is 12.0 Å². The van der Waals surface area contributed by atoms with E-state index in [0.717, 1.165) is 0 Å². The summed E-state index contributed by atoms with van der Waals surface area (Å²) in [6, 6.07) is -0.898. The average molecular weight is 477 g/mol. The van der Waals surface area contributed by atoms with Crippen molar-refractivity contribution < 1.29 is 38.5 Å². The molecule has 0 saturated carbocycles. The highest BCUT2D eigenvalue weighted by molar-refractivity contribution is 5.78. The minimum atomic E-state index is -1.03. The summed E-state index contributed by atoms with van der Waals surface area (Å²) in [4.78, 5) is 45.4. The number of nitrogens with one attached hydrogen (secondary N) is 2. The van der Waals surface area contributed by atoms with Crippen molar-refractivity contribution in [1.29, 1.82) is 0 Å². The molecule has 0 fully saturated rings. The van der Waals surface area contributed by atoms with E-state index in [9.17, 15) is 19.2 Å². The zero-order valence-corrected chi connectivity index (χ0v) is 22.5. The van der Waals surface area contributed by atoms with Crippen molar-refractivity contribution in [1.82, 2.24) is 10.6 Å². The summed E-state index contributed by atoms with van der Waals surface area (Å²) in [7, 11) is 1.32. The molecular weight excluding hydrogens is 432 g/mol. The minimum absolute atomic E-state index is 0.374. The molecule has 0 bridgehead atoms. The number of carbonyl (C=O) groups is 4. The van der Waals surface area contributed by atoms with Gasteiger partial charge in [0.15, 0.2) is 0 Å². The maximum absolute atomic E-state index is 11.5. The predicted octanol–water partition coefficient (Wildman–Crippen LogP) is 4.11. The molecule has 0 aliphatic heterocycles. The molecule has 2 atom stereocenters. The number of ether oxygens (including phenoxy) is 3. The van der Waals surface area contributed by atoms with Crippen LogP contribution in [0.25, 0.3) is 0 Å². The van der Waals surface area contributed by atoms with Gasteiger partial charge < -0.3 is 30.0 Å². The van der Waals surface area contributed by atoms with Crippen molar-refractivity contribution in [3.05, 3.63) is 0 Å². The molecule has 0 aliphatic carbocycles. The number of aliphatic carboxylic acids is 1. The standard InChI is InChI=1S/C12H23NO4.C11H21NO4/c1-8(12(5,6)9(14)16-7)13-10(15)17-11(2,3)4;1-7(11(5,6)8(13)14)12-9(15)16-10(2,3)4/h8H,1-7H3,(H,13,15);7H,1-6H3,(H,12,15)(H,13,14)/t8-;7-/m11/s1. The maximum atomic E-state index is 11.5. The van der Waals surface area contributed by atoms with Crippen LogP contribution in [0.1, 0.15) is 83.1 Å². The Hall–Kier alpha value is -2.52. The second-order valence-corrected chi connectivity index (χ2v) is 11.0. The Kier molecular flexibility index (Phi) is 12.0. The number of alkyl carbamates (subject to hydrolysis) is 2. The predicted molar refractivity (Wildman–Crippen MR) is 125 cm³/mol. The number of amides is 2. The first-order valence-electron chi connectivity index (χ1n) is 10.8. The highest BCUT2D eigenvalue weighted by Gasteiger charge is 2.37. The number of rotatable bonds is 6. The van der Waals surface area contributed by atoms with Gasteiger partial charge in [0.2, 0.25) is 0 Å². The summed E-state index contributed by atoms with van der Waals surface area (Å²) in [5.41, 5.74) is -2.97. The number of carbonyl (C=O) groups excluding carboxylic acids is 3. The van der Waals surface area contributed by atoms with Gasteiger partial charge in [0.25, 0.3) is 0 Å². The van der Waals surface area contributed by atoms with Crippen LogP contribution in [0, 0.1) is 10.8 Å². The van der Waals surface area contributed by atoms with Crippen LogP contribution < -0.4 is 10.6 Å². The van der Waals surface area contributed by atoms with Gasteiger partial charge in [0.1, 0.15) is 11.2 Å². The third-order valence-electron chi connectivity index (χ3n) is 4.89. The Labute approximate surface area is 198 Å². The van der Waals surface area contributed by atoms with Gasteiger partial charge in [-0.3, -0.25) is 9.59 Å². The smallest absolute Gasteiger partial charge is 0.407 e. The van der Waals surface area contributed by atoms with Gasteiger partial charge in [0.05, 0.1) is 17.9 Å². The summed E-state index contributed by atoms with van der Waals surface area (Å²) >= 11 is 0. The molecule has 0 spiro atoms. The zero-order valence-electron chi connectivity index (χ0n) is 22.5. The van der Waals surface area contributed by atoms with Crippen molar-refractivity contribution in [2.75, 3.05) is 7.11 Å². The van der Waals surface area contributed by atoms with Crippen LogP contribution in [0.3, 0.4) is 0 Å². The third-order valence-corrected chi connectivity index (χ3v) is 4.89. The average Bonchev–Trinajstić information content (AvgIpc) is 2.57. The second kappa shape index (κ2) is 12.1. The fourth-order valence-corrected chi connectivity index (χ4v) is 1.95. The SMILES string of the molecule is COC(=O)C(C)(C)[C@@H](C)NC(=O)OC(C)(C)C.C[C@@H](NC(=O)OC(C)(C)C)C(C)(C)C(=O)O. The van der Waals surface area contributed by atoms with Gasteiger partial charge in [-0.1, -0.05) is 0 Å². The number of esters is 1. The Bertz CT molecular complexity index is 688. The number of hydrogen-bond acceptors (Lipinski definition) is 7. The molecule has 0 aromatic heterocycles. The summed E-state index contributed by atoms with van der Waals surface area (Å²) in [5.74, 6) is -1.34. The molecule has 0 unspecified atom stereocenters. The Morgan fingerprint density at radius 3 is 1.21 bits per heavy atom. The number of carboxylic acids is 1. The number of carboxylic acid groups (broad SMARTS) is 1. The second-order valence-electron chi connectivity index (χ2n) is 11.0. The Morgan fingerprint density at radius 1 is 0.667 bits per heavy atom. The van der Waals surface area contributed by atoms with Crippen molar-refractivity contribution in [2.45, 2.75) is 106 Å². The maximum Gasteiger partial charge on any atom is 0.407 e. The van der Waals surface area contributed by atoms with E-state index in [4.69, 9.17) is 14.6 Å². The molecule has 0 heterocycles. The molecule has 0 radical (unpaired) electrons. The number of methoxy groups -OCH3 is 1. The highest BCUT2D eigenvalue weighted by Crippen LogP contribution is 2.23. The lowest BCUT2D eigenvalue weighted by Crippen LogP contribution is -2.48. The topological polar surface area (TPSA) is 140 Å². The highest BCUT2D eigenvalue weighted by atomic mass is 16.6. The first-order valence-corrected chi connectivity index (χ1v) is 10.8. The summed E-state index contributed by atoms with van der Waals surface area (Å²) < 4.78 is 14.8. The monoisotopic (exact) mass is 476 g/mol. The molecule has 33 heavy (non-hydrogen) atoms. The van der Waals surface area contributed by atoms with Gasteiger partial charge in [-0.2, -0.15) is 0 Å². The van der Waals surface area contributed by atoms with E-state index in [1.165, 1.54) is 7.11 Å². The van der Waals surface area contributed by atoms with Crippen LogP contribution in [-0.2, 0) is 23.8 Å². The quantitative estimate of drug-likeness (QED) is 0.384. The van der Waals surface area contributed by atoms with E-state index in [1.807, 2.05) is 0 Å². The zero-order chi connectivity index (χ0) is 27.0. The third kappa shape index (κ3) is 12.9. The molecule has 0 aliphatic rings. The van der Waals surface area contributed by atoms with Gasteiger partial charge in [-0.05, 0) is 83.1 Å². The fraction of sp³-hybridized carbons (Fsp3) is 0.826. The molecule has 0 rings (SSSR count). The molecule has 0 saturated heterocycles. The van der Waals surface area contributed by atoms with Crippen molar-refractivity contribution in [3.8, 4) is 0 Å². The van der Waals surface area contributed by atoms with E-state index >= 15 is 0 Å². The first-order chi connectivity index (χ1) is 14.5. The molecule has 0 aromatic carbocycles. The van der Waals surface area contributed by atoms with Crippen molar-refractivity contribution in [3.63, 3.8) is 0 Å². The normalized spacial score (nSPS) is 14.0. The van der Waals surface area contributed by atoms with E-state index < -0.39 is 46.2 Å². The first kappa shape index (κ1) is 32.7. The Morgan fingerprint density at radius 2 is 0.970 bits per heavy atom. The van der Waals surface area contributed by atoms with Crippen LogP contribution in [0.15, 0.2) is 0 Å². The van der Waals surface area contributed by atoms with Crippen LogP contribution in [-0.4, -0.2) is 59.6 Å². The van der Waals surface area contributed by atoms with E-state index in [0.29, 0.717) is 0 Å². The minimum Gasteiger partial charge on any atom is -0.481 e. The largest absolute Gasteiger partial charge is 0.481 e. The van der Waals surface area contributed by atoms with Gasteiger partial charge in [-0.15, -0.1) is 0 Å². The van der Waals surface area contributed by atoms with Gasteiger partial charge in [-0.25, -0.2) is 9.59 Å². The van der Waals surface area contributed by atoms with E-state index in [1.54, 1.807) is 83.1 Å². The molecule has 10 heteroatoms. The molecule has 194 valence electrons. The fourth-order valence-electron chi connectivity index (χ4n) is 1.95. The van der Waals surface area contributed by atoms with Crippen LogP contribution in [0.2, 0.25) is 0 Å². The molecule has 10 nitrogen and oxygen atoms in total. The van der Waals surface area contributed by atoms with Crippen LogP contribution in [0.5, 0.6) is 0 Å². The molecule has 3 N–H and O–H groups in total. The van der Waals surface area contributed by atoms with Crippen molar-refractivity contribution >= 4 is 24.1 Å². The Balaban J connectivity index is 0. The summed E-state index contributed by atoms with van der Waals surface area (Å²) in [5, 5.41) is 14.1. The molecule has 2 amide bonds. The summed E-state index contributed by atoms with van der Waals surface area (Å²) in [6.07, 6.45) is -1.14. The number of hydrogen-bond donors (Lipinski definition) is 3. The van der Waals surface area contributed by atoms with Crippen LogP contribution >= 0.6 is 0 Å². The molecular formula is C23H44N2O8. The lowest BCUT2D eigenvalue weighted by atomic mass is 9.85. The molecule has 0 aromatic rings. The van der Waals surface area contributed by atoms with Gasteiger partial charge in [0, 0.05) is 12.1 Å². The van der Waals surface area contributed by atoms with E-state index in [2.05, 4.69) is 15.4 Å². The van der Waals surface area contributed by atoms with Crippen molar-refractivity contribution in [2.24, 2.45) is 10.8 Å². The van der Waals surface area contributed by atoms with Gasteiger partial charge >= 0.3 is 24.1 Å². The lowest BCUT2D eigenvalue weighted by molar-refractivity contribution is -0.152. The lowest BCUT2D eigenvalue weighted by Gasteiger charge is -2.30.